The molecule has 0 N–H and O–H groups in total. The first-order chi connectivity index (χ1) is 13.1. The lowest BCUT2D eigenvalue weighted by molar-refractivity contribution is -0.140. The van der Waals surface area contributed by atoms with Gasteiger partial charge in [0.15, 0.2) is 11.5 Å². The van der Waals surface area contributed by atoms with E-state index in [4.69, 9.17) is 13.9 Å². The molecule has 4 rings (SSSR count). The highest BCUT2D eigenvalue weighted by Gasteiger charge is 2.33. The zero-order chi connectivity index (χ0) is 18.8. The van der Waals surface area contributed by atoms with Crippen LogP contribution in [0.15, 0.2) is 41.0 Å². The number of carbonyl (C=O) groups excluding carboxylic acids is 2. The van der Waals surface area contributed by atoms with Gasteiger partial charge in [0.2, 0.25) is 18.6 Å². The number of hydrogen-bond acceptors (Lipinski definition) is 5. The van der Waals surface area contributed by atoms with E-state index in [0.717, 1.165) is 18.4 Å². The molecule has 2 heterocycles. The summed E-state index contributed by atoms with van der Waals surface area (Å²) in [4.78, 5) is 28.2. The van der Waals surface area contributed by atoms with Crippen LogP contribution in [0.2, 0.25) is 0 Å². The Balaban J connectivity index is 1.51. The molecule has 27 heavy (non-hydrogen) atoms. The number of fused-ring (bicyclic) bond motifs is 1. The summed E-state index contributed by atoms with van der Waals surface area (Å²) in [5.74, 6) is 1.92. The smallest absolute Gasteiger partial charge is 0.242 e. The summed E-state index contributed by atoms with van der Waals surface area (Å²) in [5.41, 5.74) is 0.931. The summed E-state index contributed by atoms with van der Waals surface area (Å²) in [6.07, 6.45) is 3.52. The zero-order valence-corrected chi connectivity index (χ0v) is 15.2. The summed E-state index contributed by atoms with van der Waals surface area (Å²) < 4.78 is 16.2. The van der Waals surface area contributed by atoms with Crippen LogP contribution in [0, 0.1) is 0 Å². The Bertz CT molecular complexity index is 829. The quantitative estimate of drug-likeness (QED) is 0.749. The molecular weight excluding hydrogens is 348 g/mol. The molecule has 1 aliphatic carbocycles. The number of furan rings is 1. The van der Waals surface area contributed by atoms with Gasteiger partial charge in [0.05, 0.1) is 12.8 Å². The van der Waals surface area contributed by atoms with E-state index in [1.54, 1.807) is 22.1 Å². The van der Waals surface area contributed by atoms with Crippen molar-refractivity contribution in [3.63, 3.8) is 0 Å². The van der Waals surface area contributed by atoms with Gasteiger partial charge in [0.25, 0.3) is 0 Å². The molecule has 1 saturated carbocycles. The van der Waals surface area contributed by atoms with E-state index in [2.05, 4.69) is 0 Å². The Hall–Kier alpha value is -2.96. The number of benzene rings is 1. The molecule has 142 valence electrons. The molecule has 2 aromatic rings. The lowest BCUT2D eigenvalue weighted by Crippen LogP contribution is -2.42. The Morgan fingerprint density at radius 3 is 2.63 bits per heavy atom. The zero-order valence-electron chi connectivity index (χ0n) is 15.2. The highest BCUT2D eigenvalue weighted by molar-refractivity contribution is 5.84. The monoisotopic (exact) mass is 370 g/mol. The number of carbonyl (C=O) groups is 2. The SMILES string of the molecule is CC(=O)N(CC(=O)N(Cc1ccc2c(c1)OCO2)Cc1ccco1)C1CC1. The van der Waals surface area contributed by atoms with Crippen molar-refractivity contribution < 1.29 is 23.5 Å². The molecule has 1 fully saturated rings. The van der Waals surface area contributed by atoms with E-state index < -0.39 is 0 Å². The average Bonchev–Trinajstić information content (AvgIpc) is 3.15. The molecule has 2 amide bonds. The molecule has 0 saturated heterocycles. The second-order valence-corrected chi connectivity index (χ2v) is 6.89. The molecule has 0 atom stereocenters. The van der Waals surface area contributed by atoms with Gasteiger partial charge in [-0.05, 0) is 42.7 Å². The maximum absolute atomic E-state index is 13.0. The number of rotatable bonds is 7. The third kappa shape index (κ3) is 4.07. The van der Waals surface area contributed by atoms with Crippen molar-refractivity contribution in [2.24, 2.45) is 0 Å². The topological polar surface area (TPSA) is 72.2 Å². The Labute approximate surface area is 157 Å². The molecule has 2 aliphatic rings. The lowest BCUT2D eigenvalue weighted by atomic mass is 10.2. The molecular formula is C20H22N2O5. The number of nitrogens with zero attached hydrogens (tertiary/aromatic N) is 2. The van der Waals surface area contributed by atoms with Crippen LogP contribution in [0.4, 0.5) is 0 Å². The molecule has 0 radical (unpaired) electrons. The van der Waals surface area contributed by atoms with Gasteiger partial charge in [-0.1, -0.05) is 6.07 Å². The summed E-state index contributed by atoms with van der Waals surface area (Å²) in [6, 6.07) is 9.48. The first-order valence-electron chi connectivity index (χ1n) is 9.06. The fourth-order valence-electron chi connectivity index (χ4n) is 3.21. The van der Waals surface area contributed by atoms with Crippen molar-refractivity contribution in [3.8, 4) is 11.5 Å². The summed E-state index contributed by atoms with van der Waals surface area (Å²) >= 11 is 0. The number of hydrogen-bond donors (Lipinski definition) is 0. The van der Waals surface area contributed by atoms with Crippen LogP contribution in [-0.4, -0.2) is 41.0 Å². The van der Waals surface area contributed by atoms with Crippen LogP contribution in [0.5, 0.6) is 11.5 Å². The molecule has 7 heteroatoms. The minimum absolute atomic E-state index is 0.0631. The minimum atomic E-state index is -0.105. The molecule has 0 spiro atoms. The molecule has 1 aromatic heterocycles. The van der Waals surface area contributed by atoms with Crippen molar-refractivity contribution in [2.45, 2.75) is 38.9 Å². The first kappa shape index (κ1) is 17.5. The van der Waals surface area contributed by atoms with Gasteiger partial charge in [-0.25, -0.2) is 0 Å². The van der Waals surface area contributed by atoms with Crippen molar-refractivity contribution in [3.05, 3.63) is 47.9 Å². The molecule has 1 aromatic carbocycles. The number of amides is 2. The van der Waals surface area contributed by atoms with Crippen LogP contribution in [0.25, 0.3) is 0 Å². The predicted molar refractivity (Wildman–Crippen MR) is 95.9 cm³/mol. The minimum Gasteiger partial charge on any atom is -0.467 e. The van der Waals surface area contributed by atoms with Crippen LogP contribution < -0.4 is 9.47 Å². The largest absolute Gasteiger partial charge is 0.467 e. The maximum Gasteiger partial charge on any atom is 0.242 e. The second kappa shape index (κ2) is 7.34. The summed E-state index contributed by atoms with van der Waals surface area (Å²) in [5, 5.41) is 0. The van der Waals surface area contributed by atoms with Gasteiger partial charge in [0, 0.05) is 19.5 Å². The maximum atomic E-state index is 13.0. The van der Waals surface area contributed by atoms with Crippen LogP contribution in [-0.2, 0) is 22.7 Å². The van der Waals surface area contributed by atoms with Gasteiger partial charge in [-0.3, -0.25) is 9.59 Å². The Kier molecular flexibility index (Phi) is 4.75. The molecule has 0 bridgehead atoms. The fraction of sp³-hybridized carbons (Fsp3) is 0.400. The molecule has 0 unspecified atom stereocenters. The lowest BCUT2D eigenvalue weighted by Gasteiger charge is -2.26. The van der Waals surface area contributed by atoms with E-state index in [1.807, 2.05) is 24.3 Å². The Morgan fingerprint density at radius 2 is 1.93 bits per heavy atom. The average molecular weight is 370 g/mol. The summed E-state index contributed by atoms with van der Waals surface area (Å²) in [7, 11) is 0. The molecule has 7 nitrogen and oxygen atoms in total. The van der Waals surface area contributed by atoms with E-state index >= 15 is 0 Å². The van der Waals surface area contributed by atoms with Crippen molar-refractivity contribution >= 4 is 11.8 Å². The van der Waals surface area contributed by atoms with Crippen LogP contribution >= 0.6 is 0 Å². The van der Waals surface area contributed by atoms with Crippen LogP contribution in [0.1, 0.15) is 31.1 Å². The highest BCUT2D eigenvalue weighted by atomic mass is 16.7. The Morgan fingerprint density at radius 1 is 1.11 bits per heavy atom. The van der Waals surface area contributed by atoms with Crippen molar-refractivity contribution in [1.82, 2.24) is 9.80 Å². The summed E-state index contributed by atoms with van der Waals surface area (Å²) in [6.45, 7) is 2.55. The van der Waals surface area contributed by atoms with E-state index in [-0.39, 0.29) is 31.2 Å². The first-order valence-corrected chi connectivity index (χ1v) is 9.06. The van der Waals surface area contributed by atoms with Crippen LogP contribution in [0.3, 0.4) is 0 Å². The van der Waals surface area contributed by atoms with Crippen molar-refractivity contribution in [1.29, 1.82) is 0 Å². The van der Waals surface area contributed by atoms with Crippen molar-refractivity contribution in [2.75, 3.05) is 13.3 Å². The second-order valence-electron chi connectivity index (χ2n) is 6.89. The fourth-order valence-corrected chi connectivity index (χ4v) is 3.21. The standard InChI is InChI=1S/C20H22N2O5/c1-14(23)22(16-5-6-16)12-20(24)21(11-17-3-2-8-25-17)10-15-4-7-18-19(9-15)27-13-26-18/h2-4,7-9,16H,5-6,10-13H2,1H3. The third-order valence-electron chi connectivity index (χ3n) is 4.79. The van der Waals surface area contributed by atoms with Gasteiger partial charge in [-0.15, -0.1) is 0 Å². The van der Waals surface area contributed by atoms with E-state index in [9.17, 15) is 9.59 Å². The van der Waals surface area contributed by atoms with Gasteiger partial charge in [0.1, 0.15) is 12.3 Å². The normalized spacial score (nSPS) is 14.9. The van der Waals surface area contributed by atoms with Gasteiger partial charge < -0.3 is 23.7 Å². The van der Waals surface area contributed by atoms with E-state index in [1.165, 1.54) is 6.92 Å². The third-order valence-corrected chi connectivity index (χ3v) is 4.79. The highest BCUT2D eigenvalue weighted by Crippen LogP contribution is 2.33. The van der Waals surface area contributed by atoms with E-state index in [0.29, 0.717) is 30.3 Å². The van der Waals surface area contributed by atoms with Gasteiger partial charge >= 0.3 is 0 Å². The molecule has 1 aliphatic heterocycles. The predicted octanol–water partition coefficient (Wildman–Crippen LogP) is 2.55. The van der Waals surface area contributed by atoms with Gasteiger partial charge in [-0.2, -0.15) is 0 Å². The number of ether oxygens (including phenoxy) is 2.